The molecule has 0 spiro atoms. The van der Waals surface area contributed by atoms with Crippen molar-refractivity contribution in [2.24, 2.45) is 0 Å². The van der Waals surface area contributed by atoms with E-state index in [9.17, 15) is 0 Å². The van der Waals surface area contributed by atoms with E-state index in [1.807, 2.05) is 11.3 Å². The summed E-state index contributed by atoms with van der Waals surface area (Å²) < 4.78 is 5.07. The number of fused-ring (bicyclic) bond motifs is 7. The van der Waals surface area contributed by atoms with Gasteiger partial charge in [-0.25, -0.2) is 0 Å². The van der Waals surface area contributed by atoms with Crippen LogP contribution in [-0.4, -0.2) is 4.57 Å². The molecule has 2 nitrogen and oxygen atoms in total. The monoisotopic (exact) mass is 642 g/mol. The zero-order valence-corrected chi connectivity index (χ0v) is 27.4. The molecule has 8 aromatic carbocycles. The number of benzene rings is 8. The molecule has 0 aliphatic heterocycles. The van der Waals surface area contributed by atoms with Gasteiger partial charge in [0.05, 0.1) is 11.0 Å². The van der Waals surface area contributed by atoms with Crippen molar-refractivity contribution < 1.29 is 0 Å². The van der Waals surface area contributed by atoms with Crippen LogP contribution in [0.15, 0.2) is 182 Å². The van der Waals surface area contributed by atoms with Gasteiger partial charge < -0.3 is 9.47 Å². The molecule has 0 saturated heterocycles. The molecule has 0 aliphatic rings. The van der Waals surface area contributed by atoms with Crippen LogP contribution in [0.2, 0.25) is 0 Å². The van der Waals surface area contributed by atoms with E-state index in [-0.39, 0.29) is 0 Å². The topological polar surface area (TPSA) is 8.17 Å². The Morgan fingerprint density at radius 3 is 1.94 bits per heavy atom. The van der Waals surface area contributed by atoms with Crippen LogP contribution in [0.3, 0.4) is 0 Å². The molecule has 0 saturated carbocycles. The van der Waals surface area contributed by atoms with Crippen LogP contribution in [0.25, 0.3) is 69.6 Å². The number of rotatable bonds is 5. The maximum absolute atomic E-state index is 2.42. The third-order valence-electron chi connectivity index (χ3n) is 9.74. The Morgan fingerprint density at radius 2 is 1.06 bits per heavy atom. The van der Waals surface area contributed by atoms with Gasteiger partial charge in [-0.1, -0.05) is 103 Å². The summed E-state index contributed by atoms with van der Waals surface area (Å²) in [4.78, 5) is 2.35. The Morgan fingerprint density at radius 1 is 0.367 bits per heavy atom. The predicted octanol–water partition coefficient (Wildman–Crippen LogP) is 13.4. The van der Waals surface area contributed by atoms with Gasteiger partial charge in [-0.15, -0.1) is 11.3 Å². The highest BCUT2D eigenvalue weighted by Crippen LogP contribution is 2.42. The number of thiophene rings is 1. The first-order valence-corrected chi connectivity index (χ1v) is 17.5. The fourth-order valence-electron chi connectivity index (χ4n) is 7.43. The van der Waals surface area contributed by atoms with Crippen LogP contribution in [0, 0.1) is 0 Å². The minimum atomic E-state index is 1.11. The van der Waals surface area contributed by atoms with Gasteiger partial charge in [0.15, 0.2) is 0 Å². The molecule has 2 aromatic heterocycles. The largest absolute Gasteiger partial charge is 0.310 e. The molecule has 10 rings (SSSR count). The Bertz CT molecular complexity index is 2830. The molecule has 0 radical (unpaired) electrons. The standard InChI is InChI=1S/C46H30N2S/c1-2-14-35(15-3-1)47(38-16-10-13-33(28-38)34-22-21-31-11-4-5-12-32(31)27-34)36-23-25-37(26-24-36)48-43-19-8-6-17-39(43)41-29-42-40-18-7-9-20-45(40)49-46(42)30-44(41)48/h1-30H. The third-order valence-corrected chi connectivity index (χ3v) is 10.9. The Hall–Kier alpha value is -6.16. The van der Waals surface area contributed by atoms with E-state index in [1.165, 1.54) is 63.9 Å². The zero-order chi connectivity index (χ0) is 32.3. The first kappa shape index (κ1) is 27.9. The van der Waals surface area contributed by atoms with Gasteiger partial charge in [0.2, 0.25) is 0 Å². The lowest BCUT2D eigenvalue weighted by atomic mass is 10.0. The minimum absolute atomic E-state index is 1.11. The van der Waals surface area contributed by atoms with Crippen molar-refractivity contribution in [3.63, 3.8) is 0 Å². The van der Waals surface area contributed by atoms with Crippen molar-refractivity contribution in [3.05, 3.63) is 182 Å². The Labute approximate surface area is 288 Å². The van der Waals surface area contributed by atoms with E-state index >= 15 is 0 Å². The Kier molecular flexibility index (Phi) is 6.39. The van der Waals surface area contributed by atoms with Crippen LogP contribution >= 0.6 is 11.3 Å². The maximum Gasteiger partial charge on any atom is 0.0555 e. The van der Waals surface area contributed by atoms with Crippen LogP contribution in [0.1, 0.15) is 0 Å². The van der Waals surface area contributed by atoms with Crippen LogP contribution < -0.4 is 4.90 Å². The summed E-state index contributed by atoms with van der Waals surface area (Å²) in [5, 5.41) is 7.72. The molecule has 10 aromatic rings. The highest BCUT2D eigenvalue weighted by molar-refractivity contribution is 7.25. The molecule has 49 heavy (non-hydrogen) atoms. The second-order valence-corrected chi connectivity index (χ2v) is 13.7. The van der Waals surface area contributed by atoms with E-state index in [2.05, 4.69) is 191 Å². The summed E-state index contributed by atoms with van der Waals surface area (Å²) >= 11 is 1.87. The summed E-state index contributed by atoms with van der Waals surface area (Å²) in [6.07, 6.45) is 0. The number of hydrogen-bond acceptors (Lipinski definition) is 2. The van der Waals surface area contributed by atoms with Crippen molar-refractivity contribution in [2.75, 3.05) is 4.90 Å². The highest BCUT2D eigenvalue weighted by Gasteiger charge is 2.17. The molecule has 3 heteroatoms. The van der Waals surface area contributed by atoms with Crippen molar-refractivity contribution in [2.45, 2.75) is 0 Å². The number of nitrogens with zero attached hydrogens (tertiary/aromatic N) is 2. The SMILES string of the molecule is c1ccc(N(c2ccc(-n3c4ccccc4c4cc5c(cc43)sc3ccccc35)cc2)c2cccc(-c3ccc4ccccc4c3)c2)cc1. The third kappa shape index (κ3) is 4.62. The normalized spacial score (nSPS) is 11.7. The van der Waals surface area contributed by atoms with Crippen molar-refractivity contribution >= 4 is 81.1 Å². The van der Waals surface area contributed by atoms with Crippen molar-refractivity contribution in [1.82, 2.24) is 4.57 Å². The zero-order valence-electron chi connectivity index (χ0n) is 26.6. The molecule has 0 N–H and O–H groups in total. The summed E-state index contributed by atoms with van der Waals surface area (Å²) in [6.45, 7) is 0. The van der Waals surface area contributed by atoms with Gasteiger partial charge in [-0.2, -0.15) is 0 Å². The highest BCUT2D eigenvalue weighted by atomic mass is 32.1. The summed E-state index contributed by atoms with van der Waals surface area (Å²) in [5.74, 6) is 0. The fraction of sp³-hybridized carbons (Fsp3) is 0. The van der Waals surface area contributed by atoms with Gasteiger partial charge in [0.1, 0.15) is 0 Å². The van der Waals surface area contributed by atoms with E-state index in [4.69, 9.17) is 0 Å². The second-order valence-electron chi connectivity index (χ2n) is 12.6. The van der Waals surface area contributed by atoms with Crippen LogP contribution in [-0.2, 0) is 0 Å². The lowest BCUT2D eigenvalue weighted by molar-refractivity contribution is 1.17. The van der Waals surface area contributed by atoms with E-state index in [1.54, 1.807) is 0 Å². The number of aromatic nitrogens is 1. The number of para-hydroxylation sites is 2. The van der Waals surface area contributed by atoms with E-state index in [0.717, 1.165) is 22.7 Å². The molecule has 0 amide bonds. The predicted molar refractivity (Wildman–Crippen MR) is 211 cm³/mol. The quantitative estimate of drug-likeness (QED) is 0.181. The average molecular weight is 643 g/mol. The minimum Gasteiger partial charge on any atom is -0.310 e. The van der Waals surface area contributed by atoms with Gasteiger partial charge in [0, 0.05) is 53.7 Å². The number of anilines is 3. The van der Waals surface area contributed by atoms with Crippen molar-refractivity contribution in [3.8, 4) is 16.8 Å². The van der Waals surface area contributed by atoms with Crippen LogP contribution in [0.4, 0.5) is 17.1 Å². The van der Waals surface area contributed by atoms with Gasteiger partial charge in [-0.05, 0) is 101 Å². The Balaban J connectivity index is 1.10. The second kappa shape index (κ2) is 11.2. The first-order valence-electron chi connectivity index (χ1n) is 16.7. The average Bonchev–Trinajstić information content (AvgIpc) is 3.69. The van der Waals surface area contributed by atoms with E-state index in [0.29, 0.717) is 0 Å². The molecule has 0 fully saturated rings. The summed E-state index contributed by atoms with van der Waals surface area (Å²) in [6, 6.07) is 66.1. The molecular formula is C46H30N2S. The fourth-order valence-corrected chi connectivity index (χ4v) is 8.56. The molecule has 230 valence electrons. The summed E-state index contributed by atoms with van der Waals surface area (Å²) in [7, 11) is 0. The lowest BCUT2D eigenvalue weighted by Crippen LogP contribution is -2.10. The summed E-state index contributed by atoms with van der Waals surface area (Å²) in [5.41, 5.74) is 9.35. The van der Waals surface area contributed by atoms with Crippen LogP contribution in [0.5, 0.6) is 0 Å². The molecular weight excluding hydrogens is 613 g/mol. The molecule has 0 aliphatic carbocycles. The molecule has 2 heterocycles. The molecule has 0 atom stereocenters. The molecule has 0 bridgehead atoms. The lowest BCUT2D eigenvalue weighted by Gasteiger charge is -2.26. The van der Waals surface area contributed by atoms with Gasteiger partial charge in [-0.3, -0.25) is 0 Å². The number of hydrogen-bond donors (Lipinski definition) is 0. The van der Waals surface area contributed by atoms with E-state index < -0.39 is 0 Å². The first-order chi connectivity index (χ1) is 24.3. The van der Waals surface area contributed by atoms with Gasteiger partial charge in [0.25, 0.3) is 0 Å². The maximum atomic E-state index is 2.42. The van der Waals surface area contributed by atoms with Crippen molar-refractivity contribution in [1.29, 1.82) is 0 Å². The smallest absolute Gasteiger partial charge is 0.0555 e. The van der Waals surface area contributed by atoms with Gasteiger partial charge >= 0.3 is 0 Å². The molecule has 0 unspecified atom stereocenters.